The van der Waals surface area contributed by atoms with Crippen LogP contribution < -0.4 is 10.2 Å². The molecule has 2 fully saturated rings. The van der Waals surface area contributed by atoms with Crippen LogP contribution in [0.15, 0.2) is 12.4 Å². The van der Waals surface area contributed by atoms with Crippen molar-refractivity contribution < 1.29 is 0 Å². The van der Waals surface area contributed by atoms with Gasteiger partial charge in [0.1, 0.15) is 0 Å². The van der Waals surface area contributed by atoms with Crippen LogP contribution in [0.3, 0.4) is 0 Å². The quantitative estimate of drug-likeness (QED) is 0.896. The van der Waals surface area contributed by atoms with Gasteiger partial charge in [0.05, 0.1) is 0 Å². The summed E-state index contributed by atoms with van der Waals surface area (Å²) in [5.41, 5.74) is 1.20. The van der Waals surface area contributed by atoms with Gasteiger partial charge in [0.25, 0.3) is 0 Å². The van der Waals surface area contributed by atoms with Crippen molar-refractivity contribution in [2.45, 2.75) is 70.5 Å². The van der Waals surface area contributed by atoms with Crippen molar-refractivity contribution in [1.29, 1.82) is 0 Å². The van der Waals surface area contributed by atoms with Gasteiger partial charge in [-0.3, -0.25) is 0 Å². The Morgan fingerprint density at radius 2 is 1.95 bits per heavy atom. The molecule has 0 aromatic carbocycles. The topological polar surface area (TPSA) is 41.1 Å². The highest BCUT2D eigenvalue weighted by Gasteiger charge is 2.22. The first-order valence-corrected chi connectivity index (χ1v) is 8.17. The molecule has 2 heterocycles. The minimum atomic E-state index is 0.618. The molecule has 3 rings (SSSR count). The molecule has 1 aliphatic carbocycles. The third-order valence-corrected chi connectivity index (χ3v) is 4.47. The van der Waals surface area contributed by atoms with Crippen molar-refractivity contribution in [2.24, 2.45) is 0 Å². The number of anilines is 1. The molecule has 110 valence electrons. The zero-order chi connectivity index (χ0) is 13.8. The third-order valence-electron chi connectivity index (χ3n) is 4.47. The van der Waals surface area contributed by atoms with Gasteiger partial charge in [-0.2, -0.15) is 0 Å². The number of hydrogen-bond acceptors (Lipinski definition) is 4. The molecule has 4 heteroatoms. The molecule has 2 aliphatic rings. The lowest BCUT2D eigenvalue weighted by molar-refractivity contribution is 0.547. The largest absolute Gasteiger partial charge is 0.338 e. The summed E-state index contributed by atoms with van der Waals surface area (Å²) in [6.45, 7) is 4.29. The second-order valence-electron chi connectivity index (χ2n) is 6.15. The van der Waals surface area contributed by atoms with Crippen molar-refractivity contribution in [3.8, 4) is 0 Å². The maximum absolute atomic E-state index is 4.62. The van der Waals surface area contributed by atoms with Gasteiger partial charge in [-0.25, -0.2) is 9.97 Å². The molecule has 1 saturated carbocycles. The van der Waals surface area contributed by atoms with Gasteiger partial charge in [0, 0.05) is 43.1 Å². The van der Waals surface area contributed by atoms with Crippen molar-refractivity contribution >= 4 is 5.95 Å². The summed E-state index contributed by atoms with van der Waals surface area (Å²) in [5.74, 6) is 0.925. The first kappa shape index (κ1) is 13.8. The van der Waals surface area contributed by atoms with Crippen LogP contribution in [0.25, 0.3) is 0 Å². The van der Waals surface area contributed by atoms with E-state index in [2.05, 4.69) is 27.1 Å². The van der Waals surface area contributed by atoms with E-state index in [1.165, 1.54) is 50.5 Å². The maximum atomic E-state index is 4.62. The zero-order valence-electron chi connectivity index (χ0n) is 12.5. The number of nitrogens with one attached hydrogen (secondary N) is 1. The average molecular weight is 274 g/mol. The molecule has 1 N–H and O–H groups in total. The van der Waals surface area contributed by atoms with Gasteiger partial charge in [0.15, 0.2) is 0 Å². The summed E-state index contributed by atoms with van der Waals surface area (Å²) >= 11 is 0. The summed E-state index contributed by atoms with van der Waals surface area (Å²) in [4.78, 5) is 11.7. The number of aromatic nitrogens is 2. The number of hydrogen-bond donors (Lipinski definition) is 1. The van der Waals surface area contributed by atoms with Crippen molar-refractivity contribution in [3.63, 3.8) is 0 Å². The van der Waals surface area contributed by atoms with E-state index in [9.17, 15) is 0 Å². The standard InChI is InChI=1S/C16H26N4/c1-2-15-6-4-3-5-9-20(15)16-18-11-13(12-19-16)10-17-14-7-8-14/h11-12,14-15,17H,2-10H2,1H3. The number of rotatable bonds is 5. The van der Waals surface area contributed by atoms with Crippen LogP contribution in [-0.4, -0.2) is 28.6 Å². The summed E-state index contributed by atoms with van der Waals surface area (Å²) in [5, 5.41) is 3.51. The molecule has 4 nitrogen and oxygen atoms in total. The van der Waals surface area contributed by atoms with Crippen molar-refractivity contribution in [1.82, 2.24) is 15.3 Å². The molecule has 1 aliphatic heterocycles. The van der Waals surface area contributed by atoms with Gasteiger partial charge in [-0.05, 0) is 32.1 Å². The lowest BCUT2D eigenvalue weighted by Gasteiger charge is -2.29. The van der Waals surface area contributed by atoms with Gasteiger partial charge in [-0.1, -0.05) is 19.8 Å². The van der Waals surface area contributed by atoms with Gasteiger partial charge < -0.3 is 10.2 Å². The molecule has 0 radical (unpaired) electrons. The van der Waals surface area contributed by atoms with E-state index in [-0.39, 0.29) is 0 Å². The first-order chi connectivity index (χ1) is 9.86. The molecule has 20 heavy (non-hydrogen) atoms. The van der Waals surface area contributed by atoms with E-state index in [1.807, 2.05) is 12.4 Å². The molecule has 1 saturated heterocycles. The fourth-order valence-electron chi connectivity index (χ4n) is 3.00. The van der Waals surface area contributed by atoms with E-state index in [4.69, 9.17) is 0 Å². The van der Waals surface area contributed by atoms with E-state index in [0.717, 1.165) is 25.1 Å². The van der Waals surface area contributed by atoms with Crippen LogP contribution in [0.4, 0.5) is 5.95 Å². The van der Waals surface area contributed by atoms with E-state index < -0.39 is 0 Å². The minimum absolute atomic E-state index is 0.618. The van der Waals surface area contributed by atoms with Crippen molar-refractivity contribution in [3.05, 3.63) is 18.0 Å². The van der Waals surface area contributed by atoms with Gasteiger partial charge in [-0.15, -0.1) is 0 Å². The molecule has 0 amide bonds. The smallest absolute Gasteiger partial charge is 0.225 e. The van der Waals surface area contributed by atoms with E-state index in [0.29, 0.717) is 6.04 Å². The Bertz CT molecular complexity index is 413. The van der Waals surface area contributed by atoms with Crippen LogP contribution in [0.2, 0.25) is 0 Å². The monoisotopic (exact) mass is 274 g/mol. The fourth-order valence-corrected chi connectivity index (χ4v) is 3.00. The molecule has 0 spiro atoms. The SMILES string of the molecule is CCC1CCCCCN1c1ncc(CNC2CC2)cn1. The first-order valence-electron chi connectivity index (χ1n) is 8.17. The van der Waals surface area contributed by atoms with Crippen molar-refractivity contribution in [2.75, 3.05) is 11.4 Å². The van der Waals surface area contributed by atoms with Crippen LogP contribution in [-0.2, 0) is 6.54 Å². The van der Waals surface area contributed by atoms with E-state index in [1.54, 1.807) is 0 Å². The lowest BCUT2D eigenvalue weighted by atomic mass is 10.1. The minimum Gasteiger partial charge on any atom is -0.338 e. The third kappa shape index (κ3) is 3.48. The Morgan fingerprint density at radius 1 is 1.15 bits per heavy atom. The molecular formula is C16H26N4. The average Bonchev–Trinajstić information content (AvgIpc) is 3.32. The van der Waals surface area contributed by atoms with Crippen LogP contribution in [0, 0.1) is 0 Å². The molecule has 1 unspecified atom stereocenters. The van der Waals surface area contributed by atoms with Crippen LogP contribution in [0.1, 0.15) is 57.4 Å². The summed E-state index contributed by atoms with van der Waals surface area (Å²) < 4.78 is 0. The zero-order valence-corrected chi connectivity index (χ0v) is 12.5. The van der Waals surface area contributed by atoms with E-state index >= 15 is 0 Å². The molecule has 0 bridgehead atoms. The lowest BCUT2D eigenvalue weighted by Crippen LogP contribution is -2.35. The van der Waals surface area contributed by atoms with Gasteiger partial charge >= 0.3 is 0 Å². The summed E-state index contributed by atoms with van der Waals surface area (Å²) in [7, 11) is 0. The summed E-state index contributed by atoms with van der Waals surface area (Å²) in [6, 6.07) is 1.36. The Balaban J connectivity index is 1.64. The predicted octanol–water partition coefficient (Wildman–Crippen LogP) is 2.89. The highest BCUT2D eigenvalue weighted by molar-refractivity contribution is 5.32. The Hall–Kier alpha value is -1.16. The highest BCUT2D eigenvalue weighted by atomic mass is 15.3. The second-order valence-corrected chi connectivity index (χ2v) is 6.15. The van der Waals surface area contributed by atoms with Crippen LogP contribution in [0.5, 0.6) is 0 Å². The Kier molecular flexibility index (Phi) is 4.51. The number of nitrogens with zero attached hydrogens (tertiary/aromatic N) is 3. The Labute approximate surface area is 122 Å². The predicted molar refractivity (Wildman–Crippen MR) is 81.8 cm³/mol. The highest BCUT2D eigenvalue weighted by Crippen LogP contribution is 2.23. The molecule has 1 atom stereocenters. The molecular weight excluding hydrogens is 248 g/mol. The maximum Gasteiger partial charge on any atom is 0.225 e. The second kappa shape index (κ2) is 6.53. The van der Waals surface area contributed by atoms with Gasteiger partial charge in [0.2, 0.25) is 5.95 Å². The molecule has 1 aromatic heterocycles. The fraction of sp³-hybridized carbons (Fsp3) is 0.750. The Morgan fingerprint density at radius 3 is 2.65 bits per heavy atom. The molecule has 1 aromatic rings. The summed E-state index contributed by atoms with van der Waals surface area (Å²) in [6.07, 6.45) is 13.1. The normalized spacial score (nSPS) is 23.6. The van der Waals surface area contributed by atoms with Crippen LogP contribution >= 0.6 is 0 Å².